The summed E-state index contributed by atoms with van der Waals surface area (Å²) >= 11 is 0. The number of non-ortho nitro benzene ring substituents is 2. The first-order valence-corrected chi connectivity index (χ1v) is 6.31. The number of rotatable bonds is 5. The molecule has 2 rings (SSSR count). The monoisotopic (exact) mass is 313 g/mol. The summed E-state index contributed by atoms with van der Waals surface area (Å²) in [5, 5.41) is 32.5. The fourth-order valence-corrected chi connectivity index (χ4v) is 1.88. The van der Waals surface area contributed by atoms with Crippen molar-refractivity contribution >= 4 is 29.0 Å². The second-order valence-corrected chi connectivity index (χ2v) is 4.50. The number of carboxylic acid groups (broad SMARTS) is 1. The Bertz CT molecular complexity index is 794. The lowest BCUT2D eigenvalue weighted by Crippen LogP contribution is -2.23. The van der Waals surface area contributed by atoms with E-state index in [1.54, 1.807) is 0 Å². The number of nitro groups is 2. The van der Waals surface area contributed by atoms with Gasteiger partial charge in [0.15, 0.2) is 0 Å². The molecule has 0 atom stereocenters. The van der Waals surface area contributed by atoms with Crippen LogP contribution in [-0.2, 0) is 4.79 Å². The molecule has 0 radical (unpaired) electrons. The Labute approximate surface area is 129 Å². The minimum Gasteiger partial charge on any atom is -0.545 e. The Kier molecular flexibility index (Phi) is 4.46. The summed E-state index contributed by atoms with van der Waals surface area (Å²) in [5.41, 5.74) is 0.185. The van der Waals surface area contributed by atoms with E-state index in [1.165, 1.54) is 54.6 Å². The maximum atomic E-state index is 11.3. The summed E-state index contributed by atoms with van der Waals surface area (Å²) in [5.74, 6) is -1.46. The van der Waals surface area contributed by atoms with Crippen LogP contribution < -0.4 is 5.11 Å². The predicted octanol–water partition coefficient (Wildman–Crippen LogP) is 1.79. The molecule has 0 spiro atoms. The average molecular weight is 313 g/mol. The lowest BCUT2D eigenvalue weighted by molar-refractivity contribution is -0.385. The molecule has 2 aromatic rings. The molecule has 0 bridgehead atoms. The van der Waals surface area contributed by atoms with Crippen molar-refractivity contribution in [3.63, 3.8) is 0 Å². The minimum absolute atomic E-state index is 0.118. The second kappa shape index (κ2) is 6.48. The molecule has 8 nitrogen and oxygen atoms in total. The van der Waals surface area contributed by atoms with Gasteiger partial charge >= 0.3 is 0 Å². The summed E-state index contributed by atoms with van der Waals surface area (Å²) in [6, 6.07) is 10.2. The van der Waals surface area contributed by atoms with Crippen molar-refractivity contribution in [3.8, 4) is 0 Å². The number of hydrogen-bond donors (Lipinski definition) is 0. The molecule has 0 aliphatic carbocycles. The van der Waals surface area contributed by atoms with Crippen molar-refractivity contribution in [1.82, 2.24) is 0 Å². The Hall–Kier alpha value is -3.55. The van der Waals surface area contributed by atoms with E-state index < -0.39 is 15.8 Å². The van der Waals surface area contributed by atoms with E-state index in [9.17, 15) is 30.1 Å². The number of carbonyl (C=O) groups excluding carboxylic acids is 1. The van der Waals surface area contributed by atoms with Gasteiger partial charge in [-0.2, -0.15) is 0 Å². The smallest absolute Gasteiger partial charge is 0.269 e. The standard InChI is InChI=1S/C15H10N2O6/c18-15(19)14(11-3-7-13(8-4-11)17(22)23)9-10-1-5-12(6-2-10)16(20)21/h1-9H,(H,18,19)/p-1/b14-9-. The van der Waals surface area contributed by atoms with E-state index in [0.717, 1.165) is 0 Å². The Balaban J connectivity index is 2.39. The first kappa shape index (κ1) is 15.8. The summed E-state index contributed by atoms with van der Waals surface area (Å²) in [6.07, 6.45) is 1.28. The summed E-state index contributed by atoms with van der Waals surface area (Å²) in [6.45, 7) is 0. The number of hydrogen-bond acceptors (Lipinski definition) is 6. The van der Waals surface area contributed by atoms with Crippen LogP contribution in [-0.4, -0.2) is 15.8 Å². The number of aliphatic carboxylic acids is 1. The quantitative estimate of drug-likeness (QED) is 0.358. The van der Waals surface area contributed by atoms with Crippen LogP contribution in [0.5, 0.6) is 0 Å². The van der Waals surface area contributed by atoms with Gasteiger partial charge in [-0.15, -0.1) is 0 Å². The number of benzene rings is 2. The Morgan fingerprint density at radius 2 is 1.26 bits per heavy atom. The van der Waals surface area contributed by atoms with Crippen LogP contribution in [0.4, 0.5) is 11.4 Å². The molecule has 8 heteroatoms. The van der Waals surface area contributed by atoms with Gasteiger partial charge in [0, 0.05) is 29.8 Å². The Morgan fingerprint density at radius 1 is 0.826 bits per heavy atom. The van der Waals surface area contributed by atoms with E-state index in [4.69, 9.17) is 0 Å². The lowest BCUT2D eigenvalue weighted by Gasteiger charge is -2.09. The molecular formula is C15H9N2O6-. The zero-order chi connectivity index (χ0) is 17.0. The summed E-state index contributed by atoms with van der Waals surface area (Å²) in [7, 11) is 0. The van der Waals surface area contributed by atoms with Gasteiger partial charge in [0.2, 0.25) is 0 Å². The Morgan fingerprint density at radius 3 is 1.65 bits per heavy atom. The highest BCUT2D eigenvalue weighted by molar-refractivity contribution is 6.19. The first-order chi connectivity index (χ1) is 10.9. The fourth-order valence-electron chi connectivity index (χ4n) is 1.88. The van der Waals surface area contributed by atoms with Gasteiger partial charge in [0.05, 0.1) is 15.8 Å². The van der Waals surface area contributed by atoms with Gasteiger partial charge < -0.3 is 9.90 Å². The normalized spacial score (nSPS) is 11.0. The van der Waals surface area contributed by atoms with Gasteiger partial charge in [0.25, 0.3) is 11.4 Å². The number of nitro benzene ring substituents is 2. The molecule has 0 saturated carbocycles. The number of carboxylic acids is 1. The van der Waals surface area contributed by atoms with E-state index in [2.05, 4.69) is 0 Å². The topological polar surface area (TPSA) is 126 Å². The maximum absolute atomic E-state index is 11.3. The molecule has 0 saturated heterocycles. The molecule has 116 valence electrons. The molecule has 0 fully saturated rings. The van der Waals surface area contributed by atoms with E-state index in [-0.39, 0.29) is 22.5 Å². The van der Waals surface area contributed by atoms with Crippen molar-refractivity contribution in [2.24, 2.45) is 0 Å². The number of nitrogens with zero attached hydrogens (tertiary/aromatic N) is 2. The predicted molar refractivity (Wildman–Crippen MR) is 79.1 cm³/mol. The van der Waals surface area contributed by atoms with Crippen LogP contribution in [0.1, 0.15) is 11.1 Å². The highest BCUT2D eigenvalue weighted by Crippen LogP contribution is 2.22. The van der Waals surface area contributed by atoms with E-state index in [1.807, 2.05) is 0 Å². The number of carbonyl (C=O) groups is 1. The van der Waals surface area contributed by atoms with Gasteiger partial charge in [0.1, 0.15) is 0 Å². The van der Waals surface area contributed by atoms with Crippen LogP contribution in [0, 0.1) is 20.2 Å². The molecule has 0 amide bonds. The van der Waals surface area contributed by atoms with Crippen molar-refractivity contribution in [1.29, 1.82) is 0 Å². The van der Waals surface area contributed by atoms with Crippen molar-refractivity contribution in [2.75, 3.05) is 0 Å². The summed E-state index contributed by atoms with van der Waals surface area (Å²) < 4.78 is 0. The van der Waals surface area contributed by atoms with Gasteiger partial charge in [-0.25, -0.2) is 0 Å². The first-order valence-electron chi connectivity index (χ1n) is 6.31. The molecule has 2 aromatic carbocycles. The molecular weight excluding hydrogens is 304 g/mol. The molecule has 0 aliphatic heterocycles. The third kappa shape index (κ3) is 3.76. The van der Waals surface area contributed by atoms with Crippen molar-refractivity contribution in [3.05, 3.63) is 79.9 Å². The van der Waals surface area contributed by atoms with Crippen LogP contribution in [0.3, 0.4) is 0 Å². The minimum atomic E-state index is -1.46. The third-order valence-electron chi connectivity index (χ3n) is 3.02. The van der Waals surface area contributed by atoms with Crippen molar-refractivity contribution in [2.45, 2.75) is 0 Å². The SMILES string of the molecule is O=C([O-])/C(=C\c1ccc([N+](=O)[O-])cc1)c1ccc([N+](=O)[O-])cc1. The van der Waals surface area contributed by atoms with Crippen LogP contribution >= 0.6 is 0 Å². The third-order valence-corrected chi connectivity index (χ3v) is 3.02. The van der Waals surface area contributed by atoms with Gasteiger partial charge in [-0.05, 0) is 41.5 Å². The molecule has 0 unspecified atom stereocenters. The lowest BCUT2D eigenvalue weighted by atomic mass is 10.0. The van der Waals surface area contributed by atoms with E-state index >= 15 is 0 Å². The molecule has 0 heterocycles. The fraction of sp³-hybridized carbons (Fsp3) is 0. The van der Waals surface area contributed by atoms with E-state index in [0.29, 0.717) is 5.56 Å². The largest absolute Gasteiger partial charge is 0.545 e. The zero-order valence-corrected chi connectivity index (χ0v) is 11.5. The molecule has 0 N–H and O–H groups in total. The van der Waals surface area contributed by atoms with Crippen LogP contribution in [0.2, 0.25) is 0 Å². The summed E-state index contributed by atoms with van der Waals surface area (Å²) in [4.78, 5) is 31.3. The maximum Gasteiger partial charge on any atom is 0.269 e. The molecule has 23 heavy (non-hydrogen) atoms. The van der Waals surface area contributed by atoms with Crippen LogP contribution in [0.25, 0.3) is 11.6 Å². The molecule has 0 aromatic heterocycles. The zero-order valence-electron chi connectivity index (χ0n) is 11.5. The van der Waals surface area contributed by atoms with Gasteiger partial charge in [-0.1, -0.05) is 0 Å². The highest BCUT2D eigenvalue weighted by Gasteiger charge is 2.09. The average Bonchev–Trinajstić information content (AvgIpc) is 2.53. The van der Waals surface area contributed by atoms with Crippen LogP contribution in [0.15, 0.2) is 48.5 Å². The second-order valence-electron chi connectivity index (χ2n) is 4.50. The van der Waals surface area contributed by atoms with Crippen molar-refractivity contribution < 1.29 is 19.7 Å². The highest BCUT2D eigenvalue weighted by atomic mass is 16.6. The van der Waals surface area contributed by atoms with Gasteiger partial charge in [-0.3, -0.25) is 20.2 Å². The molecule has 0 aliphatic rings.